The van der Waals surface area contributed by atoms with Gasteiger partial charge in [-0.3, -0.25) is 4.98 Å². The first-order chi connectivity index (χ1) is 10.1. The summed E-state index contributed by atoms with van der Waals surface area (Å²) in [5, 5.41) is 0. The van der Waals surface area contributed by atoms with E-state index in [2.05, 4.69) is 4.98 Å². The van der Waals surface area contributed by atoms with Crippen molar-refractivity contribution in [2.24, 2.45) is 0 Å². The summed E-state index contributed by atoms with van der Waals surface area (Å²) in [4.78, 5) is 4.06. The van der Waals surface area contributed by atoms with Gasteiger partial charge in [-0.05, 0) is 54.8 Å². The highest BCUT2D eigenvalue weighted by Gasteiger charge is 2.38. The van der Waals surface area contributed by atoms with Crippen LogP contribution in [0.25, 0.3) is 0 Å². The number of rotatable bonds is 5. The summed E-state index contributed by atoms with van der Waals surface area (Å²) < 4.78 is 39.9. The zero-order valence-corrected chi connectivity index (χ0v) is 12.1. The van der Waals surface area contributed by atoms with Crippen LogP contribution in [0.1, 0.15) is 18.4 Å². The number of benzene rings is 1. The highest BCUT2D eigenvalue weighted by atomic mass is 32.2. The van der Waals surface area contributed by atoms with Crippen molar-refractivity contribution in [3.8, 4) is 0 Å². The minimum Gasteiger partial charge on any atom is -0.265 e. The molecular weight excluding hydrogens is 291 g/mol. The molecule has 0 bridgehead atoms. The standard InChI is InChI=1S/C15H15FN2O2S/c16-13-1-5-15(6-2-13)21(19,20)18(14-3-4-14)11-12-7-9-17-10-8-12/h1-2,5-10,14H,3-4,11H2. The van der Waals surface area contributed by atoms with Gasteiger partial charge in [0, 0.05) is 25.0 Å². The average molecular weight is 306 g/mol. The minimum atomic E-state index is -3.61. The molecule has 0 amide bonds. The Morgan fingerprint density at radius 1 is 1.10 bits per heavy atom. The third kappa shape index (κ3) is 3.11. The molecule has 1 heterocycles. The van der Waals surface area contributed by atoms with Crippen LogP contribution in [0.3, 0.4) is 0 Å². The van der Waals surface area contributed by atoms with E-state index in [1.54, 1.807) is 24.5 Å². The molecule has 6 heteroatoms. The third-order valence-corrected chi connectivity index (χ3v) is 5.37. The van der Waals surface area contributed by atoms with Crippen molar-refractivity contribution in [1.82, 2.24) is 9.29 Å². The molecule has 1 aliphatic rings. The Morgan fingerprint density at radius 2 is 1.71 bits per heavy atom. The second-order valence-electron chi connectivity index (χ2n) is 5.09. The van der Waals surface area contributed by atoms with Crippen LogP contribution >= 0.6 is 0 Å². The molecule has 4 nitrogen and oxygen atoms in total. The predicted molar refractivity (Wildman–Crippen MR) is 76.4 cm³/mol. The smallest absolute Gasteiger partial charge is 0.243 e. The molecule has 3 rings (SSSR count). The fourth-order valence-electron chi connectivity index (χ4n) is 2.18. The number of hydrogen-bond donors (Lipinski definition) is 0. The van der Waals surface area contributed by atoms with Crippen molar-refractivity contribution in [2.45, 2.75) is 30.3 Å². The molecule has 0 spiro atoms. The highest BCUT2D eigenvalue weighted by Crippen LogP contribution is 2.33. The molecule has 0 N–H and O–H groups in total. The lowest BCUT2D eigenvalue weighted by atomic mass is 10.3. The SMILES string of the molecule is O=S(=O)(c1ccc(F)cc1)N(Cc1ccncc1)C1CC1. The van der Waals surface area contributed by atoms with Crippen LogP contribution in [0, 0.1) is 5.82 Å². The molecule has 0 atom stereocenters. The lowest BCUT2D eigenvalue weighted by Gasteiger charge is -2.22. The Morgan fingerprint density at radius 3 is 2.29 bits per heavy atom. The van der Waals surface area contributed by atoms with Crippen molar-refractivity contribution in [2.75, 3.05) is 0 Å². The monoisotopic (exact) mass is 306 g/mol. The highest BCUT2D eigenvalue weighted by molar-refractivity contribution is 7.89. The molecule has 0 unspecified atom stereocenters. The van der Waals surface area contributed by atoms with E-state index in [1.165, 1.54) is 28.6 Å². The lowest BCUT2D eigenvalue weighted by molar-refractivity contribution is 0.398. The first-order valence-electron chi connectivity index (χ1n) is 6.74. The van der Waals surface area contributed by atoms with Gasteiger partial charge in [0.2, 0.25) is 10.0 Å². The molecule has 1 aliphatic carbocycles. The number of nitrogens with zero attached hydrogens (tertiary/aromatic N) is 2. The van der Waals surface area contributed by atoms with Crippen LogP contribution in [0.2, 0.25) is 0 Å². The molecule has 0 radical (unpaired) electrons. The fourth-order valence-corrected chi connectivity index (χ4v) is 3.86. The van der Waals surface area contributed by atoms with Gasteiger partial charge in [0.15, 0.2) is 0 Å². The summed E-state index contributed by atoms with van der Waals surface area (Å²) >= 11 is 0. The molecule has 1 saturated carbocycles. The first-order valence-corrected chi connectivity index (χ1v) is 8.18. The van der Waals surface area contributed by atoms with E-state index in [1.807, 2.05) is 0 Å². The maximum Gasteiger partial charge on any atom is 0.243 e. The van der Waals surface area contributed by atoms with Crippen molar-refractivity contribution < 1.29 is 12.8 Å². The molecule has 110 valence electrons. The van der Waals surface area contributed by atoms with E-state index < -0.39 is 15.8 Å². The van der Waals surface area contributed by atoms with Gasteiger partial charge in [-0.1, -0.05) is 0 Å². The quantitative estimate of drug-likeness (QED) is 0.853. The third-order valence-electron chi connectivity index (χ3n) is 3.46. The van der Waals surface area contributed by atoms with E-state index in [0.29, 0.717) is 6.54 Å². The van der Waals surface area contributed by atoms with Crippen molar-refractivity contribution in [3.63, 3.8) is 0 Å². The van der Waals surface area contributed by atoms with E-state index in [-0.39, 0.29) is 10.9 Å². The van der Waals surface area contributed by atoms with Crippen LogP contribution in [0.15, 0.2) is 53.7 Å². The van der Waals surface area contributed by atoms with Crippen molar-refractivity contribution in [3.05, 3.63) is 60.2 Å². The molecule has 0 aliphatic heterocycles. The van der Waals surface area contributed by atoms with Gasteiger partial charge in [-0.15, -0.1) is 0 Å². The first kappa shape index (κ1) is 14.2. The number of aromatic nitrogens is 1. The molecule has 1 aromatic heterocycles. The number of pyridine rings is 1. The number of hydrogen-bond acceptors (Lipinski definition) is 3. The van der Waals surface area contributed by atoms with E-state index in [0.717, 1.165) is 18.4 Å². The maximum atomic E-state index is 13.0. The van der Waals surface area contributed by atoms with Gasteiger partial charge >= 0.3 is 0 Å². The topological polar surface area (TPSA) is 50.3 Å². The number of halogens is 1. The zero-order chi connectivity index (χ0) is 14.9. The zero-order valence-electron chi connectivity index (χ0n) is 11.3. The second kappa shape index (κ2) is 5.54. The summed E-state index contributed by atoms with van der Waals surface area (Å²) in [5.41, 5.74) is 0.891. The Bertz CT molecular complexity index is 713. The Labute approximate surface area is 123 Å². The second-order valence-corrected chi connectivity index (χ2v) is 6.98. The summed E-state index contributed by atoms with van der Waals surface area (Å²) in [6.07, 6.45) is 5.02. The van der Waals surface area contributed by atoms with Crippen LogP contribution in [-0.4, -0.2) is 23.7 Å². The van der Waals surface area contributed by atoms with Gasteiger partial charge in [-0.25, -0.2) is 12.8 Å². The van der Waals surface area contributed by atoms with E-state index in [4.69, 9.17) is 0 Å². The summed E-state index contributed by atoms with van der Waals surface area (Å²) in [6.45, 7) is 0.312. The Kier molecular flexibility index (Phi) is 3.73. The average Bonchev–Trinajstić information content (AvgIpc) is 3.31. The van der Waals surface area contributed by atoms with Gasteiger partial charge in [0.05, 0.1) is 4.90 Å². The van der Waals surface area contributed by atoms with Gasteiger partial charge in [0.1, 0.15) is 5.82 Å². The van der Waals surface area contributed by atoms with E-state index >= 15 is 0 Å². The Hall–Kier alpha value is -1.79. The van der Waals surface area contributed by atoms with Crippen molar-refractivity contribution >= 4 is 10.0 Å². The van der Waals surface area contributed by atoms with Gasteiger partial charge < -0.3 is 0 Å². The lowest BCUT2D eigenvalue weighted by Crippen LogP contribution is -2.32. The molecule has 0 saturated heterocycles. The molecule has 1 fully saturated rings. The Balaban J connectivity index is 1.91. The molecule has 21 heavy (non-hydrogen) atoms. The molecular formula is C15H15FN2O2S. The van der Waals surface area contributed by atoms with Crippen LogP contribution in [0.4, 0.5) is 4.39 Å². The largest absolute Gasteiger partial charge is 0.265 e. The predicted octanol–water partition coefficient (Wildman–Crippen LogP) is 2.57. The minimum absolute atomic E-state index is 0.0354. The van der Waals surface area contributed by atoms with Crippen molar-refractivity contribution in [1.29, 1.82) is 0 Å². The van der Waals surface area contributed by atoms with Crippen LogP contribution in [0.5, 0.6) is 0 Å². The fraction of sp³-hybridized carbons (Fsp3) is 0.267. The van der Waals surface area contributed by atoms with Crippen LogP contribution in [-0.2, 0) is 16.6 Å². The summed E-state index contributed by atoms with van der Waals surface area (Å²) in [5.74, 6) is -0.443. The van der Waals surface area contributed by atoms with Gasteiger partial charge in [0.25, 0.3) is 0 Å². The van der Waals surface area contributed by atoms with Gasteiger partial charge in [-0.2, -0.15) is 4.31 Å². The maximum absolute atomic E-state index is 13.0. The summed E-state index contributed by atoms with van der Waals surface area (Å²) in [6, 6.07) is 8.60. The van der Waals surface area contributed by atoms with Crippen LogP contribution < -0.4 is 0 Å². The molecule has 2 aromatic rings. The summed E-state index contributed by atoms with van der Waals surface area (Å²) in [7, 11) is -3.61. The molecule has 1 aromatic carbocycles. The number of sulfonamides is 1. The van der Waals surface area contributed by atoms with E-state index in [9.17, 15) is 12.8 Å². The normalized spacial score (nSPS) is 15.3.